The van der Waals surface area contributed by atoms with E-state index in [2.05, 4.69) is 5.32 Å². The summed E-state index contributed by atoms with van der Waals surface area (Å²) in [5.41, 5.74) is 0. The molecule has 37 heavy (non-hydrogen) atoms. The van der Waals surface area contributed by atoms with Crippen LogP contribution in [0.5, 0.6) is 0 Å². The molecule has 0 aromatic rings. The van der Waals surface area contributed by atoms with E-state index >= 15 is 0 Å². The highest BCUT2D eigenvalue weighted by Crippen LogP contribution is 2.37. The number of rotatable bonds is 10. The molecule has 1 N–H and O–H groups in total. The van der Waals surface area contributed by atoms with E-state index in [0.29, 0.717) is 0 Å². The van der Waals surface area contributed by atoms with Crippen LogP contribution in [0.15, 0.2) is 0 Å². The van der Waals surface area contributed by atoms with Crippen LogP contribution in [0, 0.1) is 0 Å². The number of nitrogens with one attached hydrogen (secondary N) is 1. The van der Waals surface area contributed by atoms with Gasteiger partial charge in [0, 0.05) is 41.5 Å². The molecule has 6 atom stereocenters. The molecule has 1 heterocycles. The van der Waals surface area contributed by atoms with E-state index in [9.17, 15) is 33.6 Å². The highest BCUT2D eigenvalue weighted by Gasteiger charge is 2.60. The van der Waals surface area contributed by atoms with Crippen LogP contribution >= 0.6 is 0 Å². The zero-order valence-corrected chi connectivity index (χ0v) is 21.5. The molecule has 0 aromatic carbocycles. The second-order valence-corrected chi connectivity index (χ2v) is 8.02. The van der Waals surface area contributed by atoms with Gasteiger partial charge in [-0.2, -0.15) is 0 Å². The average Bonchev–Trinajstić information content (AvgIpc) is 2.74. The number of carbonyl (C=O) groups is 7. The molecule has 1 aliphatic heterocycles. The molecule has 1 amide bonds. The minimum atomic E-state index is -2.54. The lowest BCUT2D eigenvalue weighted by Gasteiger charge is -2.48. The maximum absolute atomic E-state index is 12.8. The Balaban J connectivity index is 3.83. The second-order valence-electron chi connectivity index (χ2n) is 8.02. The van der Waals surface area contributed by atoms with Crippen LogP contribution in [0.4, 0.5) is 0 Å². The fourth-order valence-electron chi connectivity index (χ4n) is 3.74. The molecule has 1 rings (SSSR count). The number of carbonyl (C=O) groups excluding carboxylic acids is 7. The van der Waals surface area contributed by atoms with Crippen molar-refractivity contribution in [1.29, 1.82) is 0 Å². The van der Waals surface area contributed by atoms with E-state index in [1.54, 1.807) is 0 Å². The maximum atomic E-state index is 12.8. The Morgan fingerprint density at radius 2 is 1.46 bits per heavy atom. The molecule has 0 saturated carbocycles. The summed E-state index contributed by atoms with van der Waals surface area (Å²) in [4.78, 5) is 84.1. The van der Waals surface area contributed by atoms with Gasteiger partial charge in [-0.1, -0.05) is 0 Å². The summed E-state index contributed by atoms with van der Waals surface area (Å²) < 4.78 is 36.6. The minimum absolute atomic E-state index is 0.630. The molecule has 208 valence electrons. The van der Waals surface area contributed by atoms with Crippen molar-refractivity contribution >= 4 is 41.7 Å². The summed E-state index contributed by atoms with van der Waals surface area (Å²) >= 11 is 0. The Morgan fingerprint density at radius 3 is 1.89 bits per heavy atom. The van der Waals surface area contributed by atoms with E-state index in [-0.39, 0.29) is 0 Å². The average molecular weight is 533 g/mol. The first-order chi connectivity index (χ1) is 17.1. The highest BCUT2D eigenvalue weighted by molar-refractivity contribution is 5.82. The van der Waals surface area contributed by atoms with Gasteiger partial charge >= 0.3 is 41.6 Å². The first-order valence-electron chi connectivity index (χ1n) is 11.0. The standard InChI is InChI=1S/C22H31NO14/c1-10(24)23-18-16(33-12(3)26)8-22(21(30)31-7,36-15(6)29)37-20(18)19(35-14(5)28)17(34-13(4)27)9-32-11(2)25/h16-20H,8-9H2,1-7H3,(H,23,24)/t16-,17+,18+,19+,20-,22-/m0/s1. The summed E-state index contributed by atoms with van der Waals surface area (Å²) in [7, 11) is 0.971. The molecule has 0 radical (unpaired) electrons. The van der Waals surface area contributed by atoms with E-state index in [0.717, 1.165) is 48.7 Å². The lowest BCUT2D eigenvalue weighted by molar-refractivity contribution is -0.304. The zero-order chi connectivity index (χ0) is 28.5. The number of ether oxygens (including phenoxy) is 7. The number of amides is 1. The monoisotopic (exact) mass is 533 g/mol. The number of hydrogen-bond acceptors (Lipinski definition) is 14. The third kappa shape index (κ3) is 9.33. The lowest BCUT2D eigenvalue weighted by Crippen LogP contribution is -2.69. The molecule has 1 saturated heterocycles. The molecule has 1 aliphatic rings. The largest absolute Gasteiger partial charge is 0.464 e. The number of methoxy groups -OCH3 is 1. The van der Waals surface area contributed by atoms with Gasteiger partial charge in [-0.3, -0.25) is 28.8 Å². The van der Waals surface area contributed by atoms with Crippen molar-refractivity contribution in [3.63, 3.8) is 0 Å². The van der Waals surface area contributed by atoms with Crippen LogP contribution in [0.2, 0.25) is 0 Å². The molecular formula is C22H31NO14. The minimum Gasteiger partial charge on any atom is -0.464 e. The van der Waals surface area contributed by atoms with E-state index < -0.39 is 91.0 Å². The van der Waals surface area contributed by atoms with Gasteiger partial charge < -0.3 is 38.5 Å². The van der Waals surface area contributed by atoms with Crippen molar-refractivity contribution in [2.75, 3.05) is 13.7 Å². The van der Waals surface area contributed by atoms with Crippen molar-refractivity contribution in [3.8, 4) is 0 Å². The van der Waals surface area contributed by atoms with Gasteiger partial charge in [-0.25, -0.2) is 4.79 Å². The van der Waals surface area contributed by atoms with Crippen LogP contribution in [0.3, 0.4) is 0 Å². The Hall–Kier alpha value is -3.75. The molecular weight excluding hydrogens is 502 g/mol. The lowest BCUT2D eigenvalue weighted by atomic mass is 9.88. The molecule has 15 nitrogen and oxygen atoms in total. The van der Waals surface area contributed by atoms with Gasteiger partial charge in [0.2, 0.25) is 5.91 Å². The van der Waals surface area contributed by atoms with Crippen LogP contribution in [0.1, 0.15) is 48.0 Å². The Labute approximate surface area is 212 Å². The molecule has 0 spiro atoms. The van der Waals surface area contributed by atoms with Crippen LogP contribution in [0.25, 0.3) is 0 Å². The number of hydrogen-bond donors (Lipinski definition) is 1. The van der Waals surface area contributed by atoms with Crippen LogP contribution in [-0.2, 0) is 66.7 Å². The summed E-state index contributed by atoms with van der Waals surface area (Å²) in [6.45, 7) is 5.60. The molecule has 1 fully saturated rings. The van der Waals surface area contributed by atoms with E-state index in [1.165, 1.54) is 0 Å². The molecule has 0 bridgehead atoms. The Morgan fingerprint density at radius 1 is 0.865 bits per heavy atom. The smallest absolute Gasteiger partial charge is 0.379 e. The van der Waals surface area contributed by atoms with Gasteiger partial charge in [-0.05, 0) is 0 Å². The molecule has 15 heteroatoms. The summed E-state index contributed by atoms with van der Waals surface area (Å²) in [6, 6.07) is -1.35. The van der Waals surface area contributed by atoms with Crippen molar-refractivity contribution in [2.24, 2.45) is 0 Å². The SMILES string of the molecule is COC(=O)[C@]1(OC(C)=O)C[C@H](OC(C)=O)[C@@H](NC(C)=O)[C@@H]([C@H](OC(C)=O)[C@@H](COC(C)=O)OC(C)=O)O1. The van der Waals surface area contributed by atoms with E-state index in [1.807, 2.05) is 0 Å². The predicted molar refractivity (Wildman–Crippen MR) is 117 cm³/mol. The zero-order valence-electron chi connectivity index (χ0n) is 21.5. The first-order valence-corrected chi connectivity index (χ1v) is 11.0. The van der Waals surface area contributed by atoms with E-state index in [4.69, 9.17) is 33.2 Å². The second kappa shape index (κ2) is 13.5. The van der Waals surface area contributed by atoms with Crippen molar-refractivity contribution < 1.29 is 66.7 Å². The van der Waals surface area contributed by atoms with Crippen LogP contribution < -0.4 is 5.32 Å². The van der Waals surface area contributed by atoms with Crippen molar-refractivity contribution in [1.82, 2.24) is 5.32 Å². The highest BCUT2D eigenvalue weighted by atomic mass is 16.8. The third-order valence-electron chi connectivity index (χ3n) is 4.80. The fraction of sp³-hybridized carbons (Fsp3) is 0.682. The van der Waals surface area contributed by atoms with Gasteiger partial charge in [0.1, 0.15) is 18.8 Å². The maximum Gasteiger partial charge on any atom is 0.379 e. The summed E-state index contributed by atoms with van der Waals surface area (Å²) in [6.07, 6.45) is -6.98. The first kappa shape index (κ1) is 31.3. The van der Waals surface area contributed by atoms with Crippen molar-refractivity contribution in [2.45, 2.75) is 84.2 Å². The van der Waals surface area contributed by atoms with Gasteiger partial charge in [0.05, 0.1) is 19.6 Å². The van der Waals surface area contributed by atoms with Gasteiger partial charge in [-0.15, -0.1) is 0 Å². The summed E-state index contributed by atoms with van der Waals surface area (Å²) in [5, 5.41) is 2.49. The molecule has 0 aromatic heterocycles. The Bertz CT molecular complexity index is 917. The van der Waals surface area contributed by atoms with Crippen LogP contribution in [-0.4, -0.2) is 91.7 Å². The van der Waals surface area contributed by atoms with Crippen molar-refractivity contribution in [3.05, 3.63) is 0 Å². The number of esters is 6. The normalized spacial score (nSPS) is 24.4. The predicted octanol–water partition coefficient (Wildman–Crippen LogP) is -0.929. The summed E-state index contributed by atoms with van der Waals surface area (Å²) in [5.74, 6) is -8.84. The molecule has 0 aliphatic carbocycles. The Kier molecular flexibility index (Phi) is 11.4. The third-order valence-corrected chi connectivity index (χ3v) is 4.80. The fourth-order valence-corrected chi connectivity index (χ4v) is 3.74. The topological polar surface area (TPSA) is 196 Å². The van der Waals surface area contributed by atoms with Gasteiger partial charge in [0.15, 0.2) is 12.2 Å². The molecule has 0 unspecified atom stereocenters. The quantitative estimate of drug-likeness (QED) is 0.267. The van der Waals surface area contributed by atoms with Gasteiger partial charge in [0.25, 0.3) is 0 Å².